The van der Waals surface area contributed by atoms with Gasteiger partial charge in [0.15, 0.2) is 0 Å². The van der Waals surface area contributed by atoms with Gasteiger partial charge >= 0.3 is 0 Å². The molecule has 0 radical (unpaired) electrons. The molecule has 0 saturated heterocycles. The predicted octanol–water partition coefficient (Wildman–Crippen LogP) is 7.09. The fourth-order valence-electron chi connectivity index (χ4n) is 3.94. The van der Waals surface area contributed by atoms with Crippen molar-refractivity contribution >= 4 is 40.8 Å². The monoisotopic (exact) mass is 475 g/mol. The second kappa shape index (κ2) is 10.6. The van der Waals surface area contributed by atoms with Gasteiger partial charge in [-0.3, -0.25) is 0 Å². The van der Waals surface area contributed by atoms with E-state index in [1.54, 1.807) is 0 Å². The standard InChI is InChI=1S/C24H34BrN3S/c1-5-13-27(14-6-2)19-9-11-21-23(17-19)29(25)24-18-20(10-12-22(24)26-21)28(15-7-3)16-8-4/h9-12,17-18H,5-8,13-16H2,1-4H3. The molecule has 1 heterocycles. The van der Waals surface area contributed by atoms with E-state index in [1.165, 1.54) is 46.5 Å². The fourth-order valence-corrected chi connectivity index (χ4v) is 6.77. The normalized spacial score (nSPS) is 14.7. The molecule has 158 valence electrons. The van der Waals surface area contributed by atoms with Crippen LogP contribution in [0.4, 0.5) is 17.1 Å². The molecule has 5 heteroatoms. The molecule has 0 amide bonds. The molecule has 0 aliphatic carbocycles. The molecule has 2 aromatic carbocycles. The van der Waals surface area contributed by atoms with Gasteiger partial charge in [0.25, 0.3) is 0 Å². The molecule has 1 aliphatic heterocycles. The lowest BCUT2D eigenvalue weighted by atomic mass is 10.2. The van der Waals surface area contributed by atoms with Crippen LogP contribution >= 0.6 is 23.7 Å². The lowest BCUT2D eigenvalue weighted by molar-refractivity contribution is 0.744. The first-order valence-electron chi connectivity index (χ1n) is 11.0. The van der Waals surface area contributed by atoms with Crippen LogP contribution in [0.5, 0.6) is 0 Å². The average molecular weight is 477 g/mol. The first-order valence-corrected chi connectivity index (χ1v) is 14.1. The van der Waals surface area contributed by atoms with Crippen LogP contribution in [-0.4, -0.2) is 26.2 Å². The topological polar surface area (TPSA) is 18.8 Å². The van der Waals surface area contributed by atoms with Gasteiger partial charge in [0, 0.05) is 47.0 Å². The maximum absolute atomic E-state index is 4.98. The Kier molecular flexibility index (Phi) is 8.19. The Hall–Kier alpha value is -1.33. The summed E-state index contributed by atoms with van der Waals surface area (Å²) in [7, 11) is -0.144. The van der Waals surface area contributed by atoms with Crippen molar-refractivity contribution in [1.29, 1.82) is 0 Å². The van der Waals surface area contributed by atoms with E-state index in [4.69, 9.17) is 4.99 Å². The number of halogens is 1. The number of hydrogen-bond donors (Lipinski definition) is 0. The van der Waals surface area contributed by atoms with Crippen molar-refractivity contribution in [2.24, 2.45) is 4.99 Å². The molecule has 29 heavy (non-hydrogen) atoms. The summed E-state index contributed by atoms with van der Waals surface area (Å²) in [5, 5.41) is 1.10. The number of nitrogens with zero attached hydrogens (tertiary/aromatic N) is 3. The largest absolute Gasteiger partial charge is 0.372 e. The Labute approximate surface area is 186 Å². The fraction of sp³-hybridized carbons (Fsp3) is 0.500. The third kappa shape index (κ3) is 5.05. The summed E-state index contributed by atoms with van der Waals surface area (Å²) >= 11 is 4.04. The minimum absolute atomic E-state index is 0.144. The Morgan fingerprint density at radius 3 is 1.83 bits per heavy atom. The summed E-state index contributed by atoms with van der Waals surface area (Å²) in [6.45, 7) is 13.4. The molecule has 0 spiro atoms. The molecular formula is C24H34BrN3S. The van der Waals surface area contributed by atoms with Crippen molar-refractivity contribution in [1.82, 2.24) is 0 Å². The maximum Gasteiger partial charge on any atom is 0.0778 e. The molecule has 2 aromatic rings. The van der Waals surface area contributed by atoms with Gasteiger partial charge in [-0.2, -0.15) is 0 Å². The van der Waals surface area contributed by atoms with Crippen LogP contribution < -0.4 is 15.2 Å². The quantitative estimate of drug-likeness (QED) is 0.341. The van der Waals surface area contributed by atoms with Crippen molar-refractivity contribution in [2.45, 2.75) is 58.3 Å². The van der Waals surface area contributed by atoms with Crippen LogP contribution in [0.25, 0.3) is 0 Å². The van der Waals surface area contributed by atoms with Crippen LogP contribution in [0, 0.1) is 4.51 Å². The van der Waals surface area contributed by atoms with Gasteiger partial charge < -0.3 is 9.80 Å². The number of fused-ring (bicyclic) bond motifs is 2. The van der Waals surface area contributed by atoms with E-state index < -0.39 is 0 Å². The van der Waals surface area contributed by atoms with Gasteiger partial charge in [0.05, 0.1) is 11.0 Å². The third-order valence-corrected chi connectivity index (χ3v) is 8.74. The number of hydrogen-bond acceptors (Lipinski definition) is 3. The highest BCUT2D eigenvalue weighted by Gasteiger charge is 2.15. The first kappa shape index (κ1) is 22.4. The van der Waals surface area contributed by atoms with E-state index in [1.807, 2.05) is 0 Å². The smallest absolute Gasteiger partial charge is 0.0778 e. The second-order valence-electron chi connectivity index (χ2n) is 7.65. The van der Waals surface area contributed by atoms with Crippen molar-refractivity contribution in [2.75, 3.05) is 36.0 Å². The summed E-state index contributed by atoms with van der Waals surface area (Å²) < 4.78 is 1.31. The average Bonchev–Trinajstić information content (AvgIpc) is 2.73. The predicted molar refractivity (Wildman–Crippen MR) is 133 cm³/mol. The van der Waals surface area contributed by atoms with Crippen molar-refractivity contribution in [3.8, 4) is 0 Å². The van der Waals surface area contributed by atoms with Crippen LogP contribution in [0.2, 0.25) is 0 Å². The number of benzene rings is 2. The lowest BCUT2D eigenvalue weighted by Gasteiger charge is -2.26. The third-order valence-electron chi connectivity index (χ3n) is 5.22. The highest BCUT2D eigenvalue weighted by Crippen LogP contribution is 2.45. The summed E-state index contributed by atoms with van der Waals surface area (Å²) in [6.07, 6.45) is 4.66. The van der Waals surface area contributed by atoms with E-state index in [-0.39, 0.29) is 8.92 Å². The van der Waals surface area contributed by atoms with Gasteiger partial charge in [-0.25, -0.2) is 4.99 Å². The summed E-state index contributed by atoms with van der Waals surface area (Å²) in [4.78, 5) is 11.3. The molecule has 1 unspecified atom stereocenters. The SMILES string of the molecule is CCCN(CCC)c1ccc2c(c1)S(Br)=c1cc(N(CCC)CCC)ccc1=N2. The van der Waals surface area contributed by atoms with Gasteiger partial charge in [-0.15, -0.1) is 0 Å². The summed E-state index contributed by atoms with van der Waals surface area (Å²) in [6, 6.07) is 13.6. The highest BCUT2D eigenvalue weighted by atomic mass is 79.9. The van der Waals surface area contributed by atoms with E-state index in [0.717, 1.165) is 37.2 Å². The number of rotatable bonds is 10. The Bertz CT molecular complexity index is 945. The van der Waals surface area contributed by atoms with Crippen molar-refractivity contribution < 1.29 is 0 Å². The van der Waals surface area contributed by atoms with Gasteiger partial charge in [0.1, 0.15) is 0 Å². The number of anilines is 2. The molecule has 0 saturated carbocycles. The Morgan fingerprint density at radius 1 is 0.759 bits per heavy atom. The van der Waals surface area contributed by atoms with Gasteiger partial charge in [-0.1, -0.05) is 36.6 Å². The lowest BCUT2D eigenvalue weighted by Crippen LogP contribution is -2.25. The Morgan fingerprint density at radius 2 is 1.28 bits per heavy atom. The Balaban J connectivity index is 2.05. The molecule has 0 N–H and O–H groups in total. The molecule has 0 aromatic heterocycles. The van der Waals surface area contributed by atoms with Gasteiger partial charge in [-0.05, 0) is 76.9 Å². The minimum Gasteiger partial charge on any atom is -0.372 e. The summed E-state index contributed by atoms with van der Waals surface area (Å²) in [5.74, 6) is 0. The maximum atomic E-state index is 4.98. The zero-order chi connectivity index (χ0) is 20.8. The van der Waals surface area contributed by atoms with Crippen LogP contribution in [0.3, 0.4) is 0 Å². The zero-order valence-electron chi connectivity index (χ0n) is 18.2. The highest BCUT2D eigenvalue weighted by molar-refractivity contribution is 9.52. The molecule has 0 bridgehead atoms. The molecular weight excluding hydrogens is 442 g/mol. The van der Waals surface area contributed by atoms with Gasteiger partial charge in [0.2, 0.25) is 0 Å². The van der Waals surface area contributed by atoms with E-state index in [0.29, 0.717) is 0 Å². The molecule has 0 fully saturated rings. The van der Waals surface area contributed by atoms with Crippen molar-refractivity contribution in [3.05, 3.63) is 46.3 Å². The zero-order valence-corrected chi connectivity index (χ0v) is 20.7. The molecule has 3 nitrogen and oxygen atoms in total. The first-order chi connectivity index (χ1) is 14.1. The molecule has 3 rings (SSSR count). The van der Waals surface area contributed by atoms with Crippen molar-refractivity contribution in [3.63, 3.8) is 0 Å². The molecule has 1 aliphatic rings. The minimum atomic E-state index is -0.144. The second-order valence-corrected chi connectivity index (χ2v) is 11.0. The molecule has 1 atom stereocenters. The van der Waals surface area contributed by atoms with Crippen LogP contribution in [0.15, 0.2) is 46.3 Å². The van der Waals surface area contributed by atoms with Crippen LogP contribution in [0.1, 0.15) is 53.4 Å². The van der Waals surface area contributed by atoms with E-state index in [2.05, 4.69) is 88.7 Å². The summed E-state index contributed by atoms with van der Waals surface area (Å²) in [5.41, 5.74) is 3.73. The van der Waals surface area contributed by atoms with E-state index >= 15 is 0 Å². The van der Waals surface area contributed by atoms with E-state index in [9.17, 15) is 0 Å². The van der Waals surface area contributed by atoms with Crippen LogP contribution in [-0.2, 0) is 0 Å².